The summed E-state index contributed by atoms with van der Waals surface area (Å²) in [6.45, 7) is 2.47. The highest BCUT2D eigenvalue weighted by Crippen LogP contribution is 2.35. The molecule has 0 radical (unpaired) electrons. The Balaban J connectivity index is 1.27. The summed E-state index contributed by atoms with van der Waals surface area (Å²) in [5, 5.41) is 10.8. The van der Waals surface area contributed by atoms with Gasteiger partial charge in [-0.05, 0) is 25.0 Å². The highest BCUT2D eigenvalue weighted by atomic mass is 16.6. The summed E-state index contributed by atoms with van der Waals surface area (Å²) in [5.41, 5.74) is 0.936. The van der Waals surface area contributed by atoms with E-state index >= 15 is 0 Å². The molecule has 158 valence electrons. The van der Waals surface area contributed by atoms with Crippen LogP contribution < -0.4 is 4.90 Å². The van der Waals surface area contributed by atoms with Gasteiger partial charge in [-0.3, -0.25) is 29.4 Å². The molecule has 2 atom stereocenters. The van der Waals surface area contributed by atoms with Gasteiger partial charge in [0, 0.05) is 57.0 Å². The SMILES string of the molecule is O=C(CCN1C(=O)[C@@H]2CC=CC[C@H]2C1=O)N1CCN(c2ccc([N+](=O)[O-])cc2)CC1. The Labute approximate surface area is 174 Å². The van der Waals surface area contributed by atoms with Crippen LogP contribution >= 0.6 is 0 Å². The van der Waals surface area contributed by atoms with Gasteiger partial charge in [-0.1, -0.05) is 12.2 Å². The molecule has 0 bridgehead atoms. The van der Waals surface area contributed by atoms with E-state index in [9.17, 15) is 24.5 Å². The van der Waals surface area contributed by atoms with E-state index in [2.05, 4.69) is 4.90 Å². The number of rotatable bonds is 5. The van der Waals surface area contributed by atoms with Crippen molar-refractivity contribution < 1.29 is 19.3 Å². The maximum Gasteiger partial charge on any atom is 0.269 e. The molecule has 0 aromatic heterocycles. The molecule has 2 saturated heterocycles. The summed E-state index contributed by atoms with van der Waals surface area (Å²) in [5.74, 6) is -0.882. The summed E-state index contributed by atoms with van der Waals surface area (Å²) in [6.07, 6.45) is 5.24. The standard InChI is InChI=1S/C21H24N4O5/c26-19(9-10-24-20(27)17-3-1-2-4-18(17)21(24)28)23-13-11-22(12-14-23)15-5-7-16(8-6-15)25(29)30/h1-2,5-8,17-18H,3-4,9-14H2/t17-,18-/m1/s1. The molecule has 0 spiro atoms. The minimum Gasteiger partial charge on any atom is -0.368 e. The molecule has 2 aliphatic heterocycles. The van der Waals surface area contributed by atoms with E-state index in [1.165, 1.54) is 17.0 Å². The van der Waals surface area contributed by atoms with E-state index in [1.54, 1.807) is 17.0 Å². The predicted octanol–water partition coefficient (Wildman–Crippen LogP) is 1.58. The Morgan fingerprint density at radius 3 is 2.07 bits per heavy atom. The number of benzene rings is 1. The largest absolute Gasteiger partial charge is 0.368 e. The quantitative estimate of drug-likeness (QED) is 0.315. The van der Waals surface area contributed by atoms with Crippen molar-refractivity contribution in [2.45, 2.75) is 19.3 Å². The lowest BCUT2D eigenvalue weighted by Gasteiger charge is -2.36. The molecule has 3 amide bonds. The normalized spacial score (nSPS) is 23.7. The van der Waals surface area contributed by atoms with E-state index in [0.29, 0.717) is 39.0 Å². The fraction of sp³-hybridized carbons (Fsp3) is 0.476. The second-order valence-electron chi connectivity index (χ2n) is 7.88. The van der Waals surface area contributed by atoms with Crippen molar-refractivity contribution in [3.63, 3.8) is 0 Å². The number of hydrogen-bond donors (Lipinski definition) is 0. The summed E-state index contributed by atoms with van der Waals surface area (Å²) in [7, 11) is 0. The highest BCUT2D eigenvalue weighted by Gasteiger charge is 2.47. The molecule has 1 aromatic rings. The van der Waals surface area contributed by atoms with Crippen LogP contribution in [0.4, 0.5) is 11.4 Å². The Hall–Kier alpha value is -3.23. The molecule has 0 N–H and O–H groups in total. The van der Waals surface area contributed by atoms with Crippen LogP contribution in [-0.4, -0.2) is 65.2 Å². The molecule has 0 unspecified atom stereocenters. The number of carbonyl (C=O) groups is 3. The third-order valence-corrected chi connectivity index (χ3v) is 6.21. The van der Waals surface area contributed by atoms with Gasteiger partial charge >= 0.3 is 0 Å². The van der Waals surface area contributed by atoms with E-state index in [0.717, 1.165) is 5.69 Å². The summed E-state index contributed by atoms with van der Waals surface area (Å²) < 4.78 is 0. The van der Waals surface area contributed by atoms with Gasteiger partial charge in [0.05, 0.1) is 16.8 Å². The first kappa shape index (κ1) is 20.1. The molecule has 2 fully saturated rings. The maximum absolute atomic E-state index is 12.6. The van der Waals surface area contributed by atoms with Gasteiger partial charge < -0.3 is 9.80 Å². The number of allylic oxidation sites excluding steroid dienone is 2. The second kappa shape index (κ2) is 8.25. The number of piperazine rings is 1. The molecule has 1 aromatic carbocycles. The molecule has 2 heterocycles. The number of anilines is 1. The first-order chi connectivity index (χ1) is 14.5. The predicted molar refractivity (Wildman–Crippen MR) is 109 cm³/mol. The van der Waals surface area contributed by atoms with Crippen LogP contribution in [0.1, 0.15) is 19.3 Å². The van der Waals surface area contributed by atoms with Crippen molar-refractivity contribution >= 4 is 29.1 Å². The third kappa shape index (κ3) is 3.79. The van der Waals surface area contributed by atoms with Crippen molar-refractivity contribution in [1.29, 1.82) is 0 Å². The molecule has 1 aliphatic carbocycles. The molecule has 0 saturated carbocycles. The van der Waals surface area contributed by atoms with Crippen LogP contribution in [0, 0.1) is 22.0 Å². The van der Waals surface area contributed by atoms with Crippen molar-refractivity contribution in [3.8, 4) is 0 Å². The van der Waals surface area contributed by atoms with Gasteiger partial charge in [0.25, 0.3) is 5.69 Å². The topological polar surface area (TPSA) is 104 Å². The smallest absolute Gasteiger partial charge is 0.269 e. The number of nitro benzene ring substituents is 1. The number of carbonyl (C=O) groups excluding carboxylic acids is 3. The molecule has 9 heteroatoms. The van der Waals surface area contributed by atoms with Crippen molar-refractivity contribution in [2.75, 3.05) is 37.6 Å². The van der Waals surface area contributed by atoms with Gasteiger partial charge in [0.15, 0.2) is 0 Å². The second-order valence-corrected chi connectivity index (χ2v) is 7.88. The number of imide groups is 1. The molecule has 3 aliphatic rings. The average Bonchev–Trinajstić information content (AvgIpc) is 3.02. The summed E-state index contributed by atoms with van der Waals surface area (Å²) in [6, 6.07) is 6.39. The van der Waals surface area contributed by atoms with Crippen LogP contribution in [0.3, 0.4) is 0 Å². The average molecular weight is 412 g/mol. The highest BCUT2D eigenvalue weighted by molar-refractivity contribution is 6.05. The first-order valence-electron chi connectivity index (χ1n) is 10.2. The van der Waals surface area contributed by atoms with Crippen LogP contribution in [0.5, 0.6) is 0 Å². The Bertz CT molecular complexity index is 863. The fourth-order valence-electron chi connectivity index (χ4n) is 4.45. The number of nitrogens with zero attached hydrogens (tertiary/aromatic N) is 4. The minimum atomic E-state index is -0.429. The Kier molecular flexibility index (Phi) is 5.52. The Morgan fingerprint density at radius 1 is 0.967 bits per heavy atom. The monoisotopic (exact) mass is 412 g/mol. The van der Waals surface area contributed by atoms with E-state index in [1.807, 2.05) is 12.2 Å². The number of fused-ring (bicyclic) bond motifs is 1. The lowest BCUT2D eigenvalue weighted by atomic mass is 9.85. The number of hydrogen-bond acceptors (Lipinski definition) is 6. The Morgan fingerprint density at radius 2 is 1.53 bits per heavy atom. The first-order valence-corrected chi connectivity index (χ1v) is 10.2. The minimum absolute atomic E-state index is 0.0502. The van der Waals surface area contributed by atoms with Gasteiger partial charge in [-0.2, -0.15) is 0 Å². The van der Waals surface area contributed by atoms with Crippen molar-refractivity contribution in [1.82, 2.24) is 9.80 Å². The van der Waals surface area contributed by atoms with Crippen molar-refractivity contribution in [3.05, 3.63) is 46.5 Å². The lowest BCUT2D eigenvalue weighted by molar-refractivity contribution is -0.384. The number of non-ortho nitro benzene ring substituents is 1. The zero-order chi connectivity index (χ0) is 21.3. The lowest BCUT2D eigenvalue weighted by Crippen LogP contribution is -2.49. The molecule has 9 nitrogen and oxygen atoms in total. The zero-order valence-corrected chi connectivity index (χ0v) is 16.6. The van der Waals surface area contributed by atoms with Gasteiger partial charge in [0.2, 0.25) is 17.7 Å². The van der Waals surface area contributed by atoms with Crippen LogP contribution in [0.2, 0.25) is 0 Å². The van der Waals surface area contributed by atoms with E-state index < -0.39 is 4.92 Å². The molecule has 4 rings (SSSR count). The molecular weight excluding hydrogens is 388 g/mol. The number of likely N-dealkylation sites (tertiary alicyclic amines) is 1. The van der Waals surface area contributed by atoms with Crippen LogP contribution in [0.15, 0.2) is 36.4 Å². The van der Waals surface area contributed by atoms with Gasteiger partial charge in [-0.25, -0.2) is 0 Å². The summed E-state index contributed by atoms with van der Waals surface area (Å²) in [4.78, 5) is 53.1. The van der Waals surface area contributed by atoms with Crippen molar-refractivity contribution in [2.24, 2.45) is 11.8 Å². The van der Waals surface area contributed by atoms with E-state index in [4.69, 9.17) is 0 Å². The maximum atomic E-state index is 12.6. The number of amides is 3. The number of nitro groups is 1. The third-order valence-electron chi connectivity index (χ3n) is 6.21. The molecular formula is C21H24N4O5. The fourth-order valence-corrected chi connectivity index (χ4v) is 4.45. The van der Waals surface area contributed by atoms with Crippen LogP contribution in [0.25, 0.3) is 0 Å². The zero-order valence-electron chi connectivity index (χ0n) is 16.6. The molecule has 30 heavy (non-hydrogen) atoms. The van der Waals surface area contributed by atoms with Gasteiger partial charge in [-0.15, -0.1) is 0 Å². The summed E-state index contributed by atoms with van der Waals surface area (Å²) >= 11 is 0. The van der Waals surface area contributed by atoms with Gasteiger partial charge in [0.1, 0.15) is 0 Å². The van der Waals surface area contributed by atoms with Crippen LogP contribution in [-0.2, 0) is 14.4 Å². The van der Waals surface area contributed by atoms with E-state index in [-0.39, 0.29) is 48.2 Å².